The Morgan fingerprint density at radius 2 is 2.17 bits per heavy atom. The van der Waals surface area contributed by atoms with Crippen LogP contribution >= 0.6 is 11.3 Å². The Morgan fingerprint density at radius 3 is 2.92 bits per heavy atom. The molecule has 3 rings (SSSR count). The molecule has 0 radical (unpaired) electrons. The second-order valence-electron chi connectivity index (χ2n) is 6.30. The summed E-state index contributed by atoms with van der Waals surface area (Å²) in [5.41, 5.74) is 1.05. The van der Waals surface area contributed by atoms with E-state index in [4.69, 9.17) is 0 Å². The zero-order valence-electron chi connectivity index (χ0n) is 13.7. The van der Waals surface area contributed by atoms with Crippen LogP contribution in [0.4, 0.5) is 5.13 Å². The predicted molar refractivity (Wildman–Crippen MR) is 92.7 cm³/mol. The van der Waals surface area contributed by atoms with Gasteiger partial charge in [0.25, 0.3) is 5.56 Å². The van der Waals surface area contributed by atoms with E-state index in [1.807, 2.05) is 0 Å². The summed E-state index contributed by atoms with van der Waals surface area (Å²) in [5, 5.41) is 3.45. The number of carbonyl (C=O) groups excluding carboxylic acids is 1. The molecular formula is C16H20N4O3S. The van der Waals surface area contributed by atoms with Crippen LogP contribution in [-0.4, -0.2) is 20.9 Å². The van der Waals surface area contributed by atoms with Crippen LogP contribution in [0.25, 0.3) is 0 Å². The molecule has 0 unspecified atom stereocenters. The first-order valence-corrected chi connectivity index (χ1v) is 8.84. The summed E-state index contributed by atoms with van der Waals surface area (Å²) in [6.45, 7) is 3.88. The highest BCUT2D eigenvalue weighted by Gasteiger charge is 2.20. The molecule has 0 bridgehead atoms. The van der Waals surface area contributed by atoms with E-state index in [0.717, 1.165) is 25.0 Å². The number of H-pyrrole nitrogens is 2. The number of aryl methyl sites for hydroxylation is 2. The van der Waals surface area contributed by atoms with Crippen molar-refractivity contribution in [1.82, 2.24) is 15.0 Å². The van der Waals surface area contributed by atoms with Crippen LogP contribution in [0.3, 0.4) is 0 Å². The predicted octanol–water partition coefficient (Wildman–Crippen LogP) is 1.52. The van der Waals surface area contributed by atoms with Gasteiger partial charge in [-0.05, 0) is 38.5 Å². The SMILES string of the molecule is Cc1[nH]c(=O)[nH]c(=O)c1CCC(=O)Nc1nc2c(s1)C[C@H](C)CC2. The molecule has 2 heterocycles. The summed E-state index contributed by atoms with van der Waals surface area (Å²) in [6, 6.07) is 0. The van der Waals surface area contributed by atoms with Gasteiger partial charge in [-0.2, -0.15) is 0 Å². The Morgan fingerprint density at radius 1 is 1.38 bits per heavy atom. The summed E-state index contributed by atoms with van der Waals surface area (Å²) >= 11 is 1.54. The van der Waals surface area contributed by atoms with Gasteiger partial charge in [-0.1, -0.05) is 6.92 Å². The quantitative estimate of drug-likeness (QED) is 0.778. The Hall–Kier alpha value is -2.22. The molecule has 24 heavy (non-hydrogen) atoms. The summed E-state index contributed by atoms with van der Waals surface area (Å²) < 4.78 is 0. The molecule has 1 aliphatic rings. The van der Waals surface area contributed by atoms with Gasteiger partial charge in [0.05, 0.1) is 5.69 Å². The molecule has 0 aromatic carbocycles. The molecule has 0 saturated heterocycles. The van der Waals surface area contributed by atoms with Crippen molar-refractivity contribution < 1.29 is 4.79 Å². The van der Waals surface area contributed by atoms with Gasteiger partial charge in [-0.3, -0.25) is 14.6 Å². The number of thiazole rings is 1. The van der Waals surface area contributed by atoms with Crippen LogP contribution in [0.1, 0.15) is 41.6 Å². The van der Waals surface area contributed by atoms with E-state index in [2.05, 4.69) is 27.2 Å². The Kier molecular flexibility index (Phi) is 4.66. The number of carbonyl (C=O) groups is 1. The number of nitrogens with zero attached hydrogens (tertiary/aromatic N) is 1. The number of rotatable bonds is 4. The topological polar surface area (TPSA) is 108 Å². The van der Waals surface area contributed by atoms with Crippen molar-refractivity contribution in [1.29, 1.82) is 0 Å². The maximum absolute atomic E-state index is 12.1. The van der Waals surface area contributed by atoms with Crippen molar-refractivity contribution in [3.8, 4) is 0 Å². The number of aromatic amines is 2. The fourth-order valence-electron chi connectivity index (χ4n) is 2.94. The summed E-state index contributed by atoms with van der Waals surface area (Å²) in [7, 11) is 0. The average Bonchev–Trinajstić information content (AvgIpc) is 2.87. The molecule has 1 aliphatic carbocycles. The zero-order chi connectivity index (χ0) is 17.3. The Balaban J connectivity index is 1.63. The number of nitrogens with one attached hydrogen (secondary N) is 3. The van der Waals surface area contributed by atoms with Crippen LogP contribution in [0.5, 0.6) is 0 Å². The lowest BCUT2D eigenvalue weighted by Crippen LogP contribution is -2.27. The first kappa shape index (κ1) is 16.6. The van der Waals surface area contributed by atoms with Crippen LogP contribution < -0.4 is 16.6 Å². The first-order chi connectivity index (χ1) is 11.4. The fraction of sp³-hybridized carbons (Fsp3) is 0.500. The Labute approximate surface area is 142 Å². The van der Waals surface area contributed by atoms with Crippen molar-refractivity contribution in [2.75, 3.05) is 5.32 Å². The number of fused-ring (bicyclic) bond motifs is 1. The van der Waals surface area contributed by atoms with Crippen molar-refractivity contribution >= 4 is 22.4 Å². The number of hydrogen-bond donors (Lipinski definition) is 3. The van der Waals surface area contributed by atoms with Gasteiger partial charge < -0.3 is 10.3 Å². The Bertz CT molecular complexity index is 880. The lowest BCUT2D eigenvalue weighted by Gasteiger charge is -2.15. The molecule has 0 spiro atoms. The largest absolute Gasteiger partial charge is 0.325 e. The van der Waals surface area contributed by atoms with Crippen LogP contribution in [0.15, 0.2) is 9.59 Å². The fourth-order valence-corrected chi connectivity index (χ4v) is 4.13. The van der Waals surface area contributed by atoms with Gasteiger partial charge in [-0.15, -0.1) is 11.3 Å². The molecule has 1 atom stereocenters. The van der Waals surface area contributed by atoms with E-state index >= 15 is 0 Å². The molecule has 0 fully saturated rings. The second-order valence-corrected chi connectivity index (χ2v) is 7.38. The van der Waals surface area contributed by atoms with E-state index in [0.29, 0.717) is 22.3 Å². The number of hydrogen-bond acceptors (Lipinski definition) is 5. The molecule has 8 heteroatoms. The van der Waals surface area contributed by atoms with Crippen LogP contribution in [-0.2, 0) is 24.1 Å². The van der Waals surface area contributed by atoms with Gasteiger partial charge in [-0.25, -0.2) is 9.78 Å². The minimum Gasteiger partial charge on any atom is -0.311 e. The van der Waals surface area contributed by atoms with Crippen molar-refractivity contribution in [3.05, 3.63) is 42.7 Å². The number of amides is 1. The standard InChI is InChI=1S/C16H20N4O3S/c1-8-3-5-11-12(7-8)24-16(18-11)19-13(21)6-4-10-9(2)17-15(23)20-14(10)22/h8H,3-7H2,1-2H3,(H,18,19,21)(H2,17,20,22,23)/t8-/m1/s1. The third kappa shape index (κ3) is 3.64. The summed E-state index contributed by atoms with van der Waals surface area (Å²) in [4.78, 5) is 45.5. The smallest absolute Gasteiger partial charge is 0.311 e. The maximum Gasteiger partial charge on any atom is 0.325 e. The molecule has 3 N–H and O–H groups in total. The minimum absolute atomic E-state index is 0.163. The van der Waals surface area contributed by atoms with E-state index in [-0.39, 0.29) is 18.7 Å². The van der Waals surface area contributed by atoms with Gasteiger partial charge in [0.15, 0.2) is 5.13 Å². The third-order valence-electron chi connectivity index (χ3n) is 4.29. The zero-order valence-corrected chi connectivity index (χ0v) is 14.5. The van der Waals surface area contributed by atoms with Gasteiger partial charge in [0, 0.05) is 22.6 Å². The minimum atomic E-state index is -0.534. The summed E-state index contributed by atoms with van der Waals surface area (Å²) in [5.74, 6) is 0.482. The molecule has 2 aromatic heterocycles. The average molecular weight is 348 g/mol. The molecule has 0 aliphatic heterocycles. The summed E-state index contributed by atoms with van der Waals surface area (Å²) in [6.07, 6.45) is 3.56. The highest BCUT2D eigenvalue weighted by molar-refractivity contribution is 7.15. The van der Waals surface area contributed by atoms with Gasteiger partial charge >= 0.3 is 5.69 Å². The van der Waals surface area contributed by atoms with E-state index in [1.54, 1.807) is 6.92 Å². The van der Waals surface area contributed by atoms with Crippen molar-refractivity contribution in [2.45, 2.75) is 46.0 Å². The molecular weight excluding hydrogens is 328 g/mol. The van der Waals surface area contributed by atoms with Crippen LogP contribution in [0, 0.1) is 12.8 Å². The van der Waals surface area contributed by atoms with E-state index in [1.165, 1.54) is 16.2 Å². The van der Waals surface area contributed by atoms with Crippen molar-refractivity contribution in [3.63, 3.8) is 0 Å². The van der Waals surface area contributed by atoms with E-state index in [9.17, 15) is 14.4 Å². The highest BCUT2D eigenvalue weighted by atomic mass is 32.1. The molecule has 2 aromatic rings. The first-order valence-electron chi connectivity index (χ1n) is 8.03. The molecule has 7 nitrogen and oxygen atoms in total. The molecule has 0 saturated carbocycles. The van der Waals surface area contributed by atoms with Gasteiger partial charge in [0.2, 0.25) is 5.91 Å². The van der Waals surface area contributed by atoms with E-state index < -0.39 is 11.2 Å². The number of anilines is 1. The maximum atomic E-state index is 12.1. The highest BCUT2D eigenvalue weighted by Crippen LogP contribution is 2.32. The lowest BCUT2D eigenvalue weighted by atomic mass is 9.93. The third-order valence-corrected chi connectivity index (χ3v) is 5.32. The lowest BCUT2D eigenvalue weighted by molar-refractivity contribution is -0.116. The molecule has 1 amide bonds. The van der Waals surface area contributed by atoms with Gasteiger partial charge in [0.1, 0.15) is 0 Å². The normalized spacial score (nSPS) is 16.7. The second kappa shape index (κ2) is 6.72. The monoisotopic (exact) mass is 348 g/mol. The van der Waals surface area contributed by atoms with Crippen molar-refractivity contribution in [2.24, 2.45) is 5.92 Å². The molecule has 128 valence electrons. The number of aromatic nitrogens is 3. The van der Waals surface area contributed by atoms with Crippen LogP contribution in [0.2, 0.25) is 0 Å².